The second-order valence-electron chi connectivity index (χ2n) is 4.90. The summed E-state index contributed by atoms with van der Waals surface area (Å²) in [6.45, 7) is 7.70. The molecule has 0 saturated carbocycles. The number of unbranched alkanes of at least 4 members (excludes halogenated alkanes) is 1. The Morgan fingerprint density at radius 3 is 2.67 bits per heavy atom. The monoisotopic (exact) mass is 249 g/mol. The zero-order valence-electron chi connectivity index (χ0n) is 12.0. The molecule has 2 unspecified atom stereocenters. The average Bonchev–Trinajstić information content (AvgIpc) is 2.43. The maximum Gasteiger partial charge on any atom is 0.115 e. The second-order valence-corrected chi connectivity index (χ2v) is 4.90. The maximum atomic E-state index is 4.39. The Kier molecular flexibility index (Phi) is 7.58. The van der Waals surface area contributed by atoms with Crippen molar-refractivity contribution in [3.05, 3.63) is 24.3 Å². The first-order chi connectivity index (χ1) is 8.81. The van der Waals surface area contributed by atoms with Crippen LogP contribution in [0.3, 0.4) is 0 Å². The van der Waals surface area contributed by atoms with Crippen molar-refractivity contribution in [2.24, 2.45) is 5.92 Å². The van der Waals surface area contributed by atoms with Crippen LogP contribution in [0.25, 0.3) is 0 Å². The number of hydrogen-bond acceptors (Lipinski definition) is 3. The fraction of sp³-hybridized carbons (Fsp3) is 0.733. The van der Waals surface area contributed by atoms with Gasteiger partial charge in [-0.3, -0.25) is 0 Å². The van der Waals surface area contributed by atoms with Crippen molar-refractivity contribution in [1.82, 2.24) is 15.3 Å². The molecule has 0 aliphatic carbocycles. The number of nitrogens with one attached hydrogen (secondary N) is 1. The summed E-state index contributed by atoms with van der Waals surface area (Å²) < 4.78 is 0. The van der Waals surface area contributed by atoms with E-state index in [1.807, 2.05) is 12.3 Å². The van der Waals surface area contributed by atoms with E-state index in [2.05, 4.69) is 36.1 Å². The predicted octanol–water partition coefficient (Wildman–Crippen LogP) is 3.73. The van der Waals surface area contributed by atoms with Crippen molar-refractivity contribution in [3.63, 3.8) is 0 Å². The molecule has 18 heavy (non-hydrogen) atoms. The van der Waals surface area contributed by atoms with Crippen LogP contribution in [-0.2, 0) is 0 Å². The van der Waals surface area contributed by atoms with Crippen molar-refractivity contribution in [3.8, 4) is 0 Å². The Hall–Kier alpha value is -0.960. The van der Waals surface area contributed by atoms with Crippen LogP contribution in [0.4, 0.5) is 0 Å². The van der Waals surface area contributed by atoms with Gasteiger partial charge in [0.1, 0.15) is 6.33 Å². The van der Waals surface area contributed by atoms with Gasteiger partial charge < -0.3 is 5.32 Å². The quantitative estimate of drug-likeness (QED) is 0.724. The molecule has 3 nitrogen and oxygen atoms in total. The topological polar surface area (TPSA) is 37.8 Å². The number of hydrogen-bond donors (Lipinski definition) is 1. The van der Waals surface area contributed by atoms with Gasteiger partial charge in [0.05, 0.1) is 5.69 Å². The van der Waals surface area contributed by atoms with E-state index in [0.717, 1.165) is 18.2 Å². The van der Waals surface area contributed by atoms with Crippen molar-refractivity contribution in [1.29, 1.82) is 0 Å². The highest BCUT2D eigenvalue weighted by atomic mass is 14.9. The van der Waals surface area contributed by atoms with E-state index in [4.69, 9.17) is 0 Å². The third-order valence-electron chi connectivity index (χ3n) is 3.52. The molecule has 102 valence electrons. The van der Waals surface area contributed by atoms with Gasteiger partial charge in [0, 0.05) is 12.2 Å². The maximum absolute atomic E-state index is 4.39. The molecule has 0 bridgehead atoms. The van der Waals surface area contributed by atoms with Gasteiger partial charge in [-0.25, -0.2) is 9.97 Å². The zero-order valence-corrected chi connectivity index (χ0v) is 12.0. The van der Waals surface area contributed by atoms with Crippen LogP contribution in [0.15, 0.2) is 18.6 Å². The summed E-state index contributed by atoms with van der Waals surface area (Å²) in [5, 5.41) is 3.55. The summed E-state index contributed by atoms with van der Waals surface area (Å²) in [5.74, 6) is 0.795. The lowest BCUT2D eigenvalue weighted by molar-refractivity contribution is 0.353. The van der Waals surface area contributed by atoms with Crippen molar-refractivity contribution >= 4 is 0 Å². The van der Waals surface area contributed by atoms with Gasteiger partial charge in [-0.2, -0.15) is 0 Å². The smallest absolute Gasteiger partial charge is 0.115 e. The highest BCUT2D eigenvalue weighted by molar-refractivity contribution is 5.04. The van der Waals surface area contributed by atoms with Crippen molar-refractivity contribution in [2.75, 3.05) is 6.54 Å². The lowest BCUT2D eigenvalue weighted by atomic mass is 9.91. The first-order valence-electron chi connectivity index (χ1n) is 7.31. The van der Waals surface area contributed by atoms with E-state index in [9.17, 15) is 0 Å². The molecule has 1 aromatic rings. The molecule has 0 fully saturated rings. The minimum Gasteiger partial charge on any atom is -0.309 e. The van der Waals surface area contributed by atoms with Crippen LogP contribution in [-0.4, -0.2) is 16.5 Å². The lowest BCUT2D eigenvalue weighted by Crippen LogP contribution is -2.24. The van der Waals surface area contributed by atoms with Crippen LogP contribution >= 0.6 is 0 Å². The van der Waals surface area contributed by atoms with Gasteiger partial charge in [-0.15, -0.1) is 0 Å². The Bertz CT molecular complexity index is 300. The van der Waals surface area contributed by atoms with Crippen LogP contribution in [0.2, 0.25) is 0 Å². The largest absolute Gasteiger partial charge is 0.309 e. The molecule has 0 aliphatic rings. The Morgan fingerprint density at radius 2 is 2.11 bits per heavy atom. The molecule has 0 aromatic carbocycles. The Labute approximate surface area is 111 Å². The summed E-state index contributed by atoms with van der Waals surface area (Å²) in [5.41, 5.74) is 1.13. The third-order valence-corrected chi connectivity index (χ3v) is 3.52. The van der Waals surface area contributed by atoms with Crippen LogP contribution in [0.5, 0.6) is 0 Å². The van der Waals surface area contributed by atoms with Gasteiger partial charge in [0.15, 0.2) is 0 Å². The highest BCUT2D eigenvalue weighted by Crippen LogP contribution is 2.25. The molecule has 1 N–H and O–H groups in total. The molecule has 3 heteroatoms. The van der Waals surface area contributed by atoms with Gasteiger partial charge in [0.2, 0.25) is 0 Å². The van der Waals surface area contributed by atoms with Crippen LogP contribution in [0, 0.1) is 5.92 Å². The molecule has 0 radical (unpaired) electrons. The number of nitrogens with zero attached hydrogens (tertiary/aromatic N) is 2. The molecule has 1 rings (SSSR count). The lowest BCUT2D eigenvalue weighted by Gasteiger charge is -2.23. The summed E-state index contributed by atoms with van der Waals surface area (Å²) in [4.78, 5) is 8.39. The summed E-state index contributed by atoms with van der Waals surface area (Å²) in [6.07, 6.45) is 9.87. The average molecular weight is 249 g/mol. The fourth-order valence-corrected chi connectivity index (χ4v) is 2.38. The van der Waals surface area contributed by atoms with Gasteiger partial charge in [0.25, 0.3) is 0 Å². The molecular formula is C15H27N3. The molecule has 2 atom stereocenters. The van der Waals surface area contributed by atoms with E-state index in [1.165, 1.54) is 32.1 Å². The van der Waals surface area contributed by atoms with E-state index in [-0.39, 0.29) is 0 Å². The van der Waals surface area contributed by atoms with Crippen molar-refractivity contribution in [2.45, 2.75) is 58.9 Å². The normalized spacial score (nSPS) is 14.4. The summed E-state index contributed by atoms with van der Waals surface area (Å²) >= 11 is 0. The number of rotatable bonds is 9. The first-order valence-corrected chi connectivity index (χ1v) is 7.31. The van der Waals surface area contributed by atoms with Gasteiger partial charge in [-0.05, 0) is 24.9 Å². The van der Waals surface area contributed by atoms with Crippen LogP contribution in [0.1, 0.15) is 64.6 Å². The molecule has 0 saturated heterocycles. The Morgan fingerprint density at radius 1 is 1.28 bits per heavy atom. The highest BCUT2D eigenvalue weighted by Gasteiger charge is 2.16. The van der Waals surface area contributed by atoms with Crippen LogP contribution < -0.4 is 5.32 Å². The third kappa shape index (κ3) is 5.13. The molecule has 1 aromatic heterocycles. The molecule has 0 spiro atoms. The van der Waals surface area contributed by atoms with E-state index in [1.54, 1.807) is 6.33 Å². The molecule has 1 heterocycles. The zero-order chi connectivity index (χ0) is 13.2. The van der Waals surface area contributed by atoms with Gasteiger partial charge in [-0.1, -0.05) is 46.5 Å². The van der Waals surface area contributed by atoms with Crippen molar-refractivity contribution < 1.29 is 0 Å². The standard InChI is InChI=1S/C15H27N3/c1-4-7-8-13(5-2)11-15(17-6-3)14-9-10-16-12-18-14/h9-10,12-13,15,17H,4-8,11H2,1-3H3. The summed E-state index contributed by atoms with van der Waals surface area (Å²) in [6, 6.07) is 2.40. The Balaban J connectivity index is 2.61. The fourth-order valence-electron chi connectivity index (χ4n) is 2.38. The minimum atomic E-state index is 0.375. The minimum absolute atomic E-state index is 0.375. The predicted molar refractivity (Wildman–Crippen MR) is 76.4 cm³/mol. The molecular weight excluding hydrogens is 222 g/mol. The first kappa shape index (κ1) is 15.1. The van der Waals surface area contributed by atoms with E-state index in [0.29, 0.717) is 6.04 Å². The van der Waals surface area contributed by atoms with E-state index < -0.39 is 0 Å². The second kappa shape index (κ2) is 9.03. The molecule has 0 amide bonds. The van der Waals surface area contributed by atoms with Gasteiger partial charge >= 0.3 is 0 Å². The number of aromatic nitrogens is 2. The molecule has 0 aliphatic heterocycles. The van der Waals surface area contributed by atoms with E-state index >= 15 is 0 Å². The summed E-state index contributed by atoms with van der Waals surface area (Å²) in [7, 11) is 0. The SMILES string of the molecule is CCCCC(CC)CC(NCC)c1ccncn1.